The number of amides is 2. The Labute approximate surface area is 149 Å². The lowest BCUT2D eigenvalue weighted by Gasteiger charge is -2.33. The Morgan fingerprint density at radius 1 is 1.12 bits per heavy atom. The van der Waals surface area contributed by atoms with Gasteiger partial charge in [0.2, 0.25) is 5.89 Å². The Morgan fingerprint density at radius 3 is 2.40 bits per heavy atom. The van der Waals surface area contributed by atoms with Crippen molar-refractivity contribution < 1.29 is 18.7 Å². The summed E-state index contributed by atoms with van der Waals surface area (Å²) in [5.74, 6) is -0.170. The molecule has 2 aromatic rings. The number of nitrogens with zero attached hydrogens (tertiary/aromatic N) is 4. The summed E-state index contributed by atoms with van der Waals surface area (Å²) < 4.78 is 10.4. The molecule has 1 aliphatic rings. The third-order valence-corrected chi connectivity index (χ3v) is 4.04. The first kappa shape index (κ1) is 17.2. The molecule has 1 fully saturated rings. The number of hydrogen-bond acceptors (Lipinski definition) is 6. The number of carbonyl (C=O) groups is 2. The minimum Gasteiger partial charge on any atom is -0.450 e. The predicted molar refractivity (Wildman–Crippen MR) is 89.2 cm³/mol. The molecule has 0 bridgehead atoms. The Morgan fingerprint density at radius 2 is 1.76 bits per heavy atom. The molecule has 9 heteroatoms. The van der Waals surface area contributed by atoms with E-state index >= 15 is 0 Å². The van der Waals surface area contributed by atoms with Crippen molar-refractivity contribution in [3.63, 3.8) is 0 Å². The summed E-state index contributed by atoms with van der Waals surface area (Å²) in [6.07, 6.45) is -0.364. The molecule has 0 unspecified atom stereocenters. The smallest absolute Gasteiger partial charge is 0.409 e. The number of rotatable bonds is 3. The zero-order valence-corrected chi connectivity index (χ0v) is 14.4. The molecule has 0 radical (unpaired) electrons. The van der Waals surface area contributed by atoms with E-state index in [2.05, 4.69) is 10.2 Å². The van der Waals surface area contributed by atoms with Gasteiger partial charge in [0.05, 0.1) is 6.61 Å². The van der Waals surface area contributed by atoms with Gasteiger partial charge in [0.1, 0.15) is 0 Å². The first-order valence-corrected chi connectivity index (χ1v) is 8.26. The first-order chi connectivity index (χ1) is 12.1. The van der Waals surface area contributed by atoms with Crippen molar-refractivity contribution in [2.45, 2.75) is 6.92 Å². The molecule has 1 saturated heterocycles. The molecule has 132 valence electrons. The number of ether oxygens (including phenoxy) is 1. The highest BCUT2D eigenvalue weighted by Crippen LogP contribution is 2.21. The SMILES string of the molecule is CCOC(=O)N1CCN(C(=O)c2nnc(-c3ccc(Cl)cc3)o2)CC1. The molecule has 25 heavy (non-hydrogen) atoms. The molecule has 2 heterocycles. The Balaban J connectivity index is 1.63. The molecular formula is C16H17ClN4O4. The summed E-state index contributed by atoms with van der Waals surface area (Å²) in [6.45, 7) is 3.66. The van der Waals surface area contributed by atoms with E-state index in [1.54, 1.807) is 41.0 Å². The van der Waals surface area contributed by atoms with Gasteiger partial charge < -0.3 is 19.0 Å². The van der Waals surface area contributed by atoms with Crippen molar-refractivity contribution in [2.24, 2.45) is 0 Å². The molecule has 0 atom stereocenters. The molecule has 8 nitrogen and oxygen atoms in total. The van der Waals surface area contributed by atoms with Crippen LogP contribution in [0.5, 0.6) is 0 Å². The zero-order chi connectivity index (χ0) is 17.8. The molecular weight excluding hydrogens is 348 g/mol. The zero-order valence-electron chi connectivity index (χ0n) is 13.6. The molecule has 1 aliphatic heterocycles. The first-order valence-electron chi connectivity index (χ1n) is 7.89. The van der Waals surface area contributed by atoms with Gasteiger partial charge in [0.15, 0.2) is 0 Å². The van der Waals surface area contributed by atoms with Crippen molar-refractivity contribution in [1.29, 1.82) is 0 Å². The molecule has 0 spiro atoms. The van der Waals surface area contributed by atoms with E-state index in [-0.39, 0.29) is 23.8 Å². The van der Waals surface area contributed by atoms with Gasteiger partial charge in [-0.2, -0.15) is 0 Å². The van der Waals surface area contributed by atoms with Crippen molar-refractivity contribution in [3.8, 4) is 11.5 Å². The van der Waals surface area contributed by atoms with Gasteiger partial charge in [-0.25, -0.2) is 4.79 Å². The second kappa shape index (κ2) is 7.52. The number of carbonyl (C=O) groups excluding carboxylic acids is 2. The normalized spacial score (nSPS) is 14.5. The van der Waals surface area contributed by atoms with Crippen LogP contribution in [-0.4, -0.2) is 64.8 Å². The van der Waals surface area contributed by atoms with Crippen LogP contribution in [0.2, 0.25) is 5.02 Å². The van der Waals surface area contributed by atoms with Crippen LogP contribution in [0, 0.1) is 0 Å². The van der Waals surface area contributed by atoms with E-state index in [1.165, 1.54) is 0 Å². The largest absolute Gasteiger partial charge is 0.450 e. The number of piperazine rings is 1. The minimum atomic E-state index is -0.364. The summed E-state index contributed by atoms with van der Waals surface area (Å²) in [7, 11) is 0. The monoisotopic (exact) mass is 364 g/mol. The second-order valence-corrected chi connectivity index (χ2v) is 5.83. The maximum absolute atomic E-state index is 12.5. The molecule has 0 saturated carbocycles. The Kier molecular flexibility index (Phi) is 5.18. The Bertz CT molecular complexity index is 754. The third kappa shape index (κ3) is 3.90. The number of halogens is 1. The lowest BCUT2D eigenvalue weighted by Crippen LogP contribution is -2.50. The molecule has 0 aliphatic carbocycles. The number of benzene rings is 1. The van der Waals surface area contributed by atoms with E-state index in [0.717, 1.165) is 0 Å². The molecule has 0 N–H and O–H groups in total. The topological polar surface area (TPSA) is 88.8 Å². The summed E-state index contributed by atoms with van der Waals surface area (Å²) in [5, 5.41) is 8.33. The van der Waals surface area contributed by atoms with Crippen LogP contribution in [0.15, 0.2) is 28.7 Å². The van der Waals surface area contributed by atoms with E-state index < -0.39 is 0 Å². The van der Waals surface area contributed by atoms with Crippen LogP contribution in [-0.2, 0) is 4.74 Å². The van der Waals surface area contributed by atoms with E-state index in [9.17, 15) is 9.59 Å². The van der Waals surface area contributed by atoms with Crippen LogP contribution < -0.4 is 0 Å². The van der Waals surface area contributed by atoms with Gasteiger partial charge in [-0.1, -0.05) is 11.6 Å². The van der Waals surface area contributed by atoms with Crippen molar-refractivity contribution in [1.82, 2.24) is 20.0 Å². The van der Waals surface area contributed by atoms with Crippen LogP contribution in [0.1, 0.15) is 17.6 Å². The van der Waals surface area contributed by atoms with Gasteiger partial charge in [-0.3, -0.25) is 4.79 Å². The fraction of sp³-hybridized carbons (Fsp3) is 0.375. The fourth-order valence-electron chi connectivity index (χ4n) is 2.46. The summed E-state index contributed by atoms with van der Waals surface area (Å²) in [4.78, 5) is 27.3. The molecule has 3 rings (SSSR count). The summed E-state index contributed by atoms with van der Waals surface area (Å²) in [5.41, 5.74) is 0.683. The lowest BCUT2D eigenvalue weighted by molar-refractivity contribution is 0.0540. The van der Waals surface area contributed by atoms with E-state index in [1.807, 2.05) is 0 Å². The Hall–Kier alpha value is -2.61. The van der Waals surface area contributed by atoms with Gasteiger partial charge in [0.25, 0.3) is 0 Å². The highest BCUT2D eigenvalue weighted by Gasteiger charge is 2.28. The van der Waals surface area contributed by atoms with Crippen LogP contribution >= 0.6 is 11.6 Å². The highest BCUT2D eigenvalue weighted by molar-refractivity contribution is 6.30. The third-order valence-electron chi connectivity index (χ3n) is 3.79. The number of aromatic nitrogens is 2. The van der Waals surface area contributed by atoms with Gasteiger partial charge in [0, 0.05) is 36.8 Å². The molecule has 1 aromatic carbocycles. The average Bonchev–Trinajstić information content (AvgIpc) is 3.12. The maximum atomic E-state index is 12.5. The lowest BCUT2D eigenvalue weighted by atomic mass is 10.2. The summed E-state index contributed by atoms with van der Waals surface area (Å²) in [6, 6.07) is 6.89. The average molecular weight is 365 g/mol. The standard InChI is InChI=1S/C16H17ClN4O4/c1-2-24-16(23)21-9-7-20(8-10-21)15(22)14-19-18-13(25-14)11-3-5-12(17)6-4-11/h3-6H,2,7-10H2,1H3. The van der Waals surface area contributed by atoms with Crippen LogP contribution in [0.25, 0.3) is 11.5 Å². The van der Waals surface area contributed by atoms with Crippen molar-refractivity contribution >= 4 is 23.6 Å². The highest BCUT2D eigenvalue weighted by atomic mass is 35.5. The van der Waals surface area contributed by atoms with Gasteiger partial charge >= 0.3 is 17.9 Å². The van der Waals surface area contributed by atoms with Gasteiger partial charge in [-0.05, 0) is 31.2 Å². The van der Waals surface area contributed by atoms with E-state index in [0.29, 0.717) is 43.4 Å². The second-order valence-electron chi connectivity index (χ2n) is 5.40. The van der Waals surface area contributed by atoms with Crippen molar-refractivity contribution in [2.75, 3.05) is 32.8 Å². The minimum absolute atomic E-state index is 0.0745. The summed E-state index contributed by atoms with van der Waals surface area (Å²) >= 11 is 5.85. The van der Waals surface area contributed by atoms with Gasteiger partial charge in [-0.15, -0.1) is 10.2 Å². The molecule has 2 amide bonds. The number of hydrogen-bond donors (Lipinski definition) is 0. The van der Waals surface area contributed by atoms with Crippen LogP contribution in [0.4, 0.5) is 4.79 Å². The maximum Gasteiger partial charge on any atom is 0.409 e. The van der Waals surface area contributed by atoms with E-state index in [4.69, 9.17) is 20.8 Å². The molecule has 1 aromatic heterocycles. The van der Waals surface area contributed by atoms with Crippen molar-refractivity contribution in [3.05, 3.63) is 35.2 Å². The quantitative estimate of drug-likeness (QED) is 0.830. The fourth-order valence-corrected chi connectivity index (χ4v) is 2.59. The predicted octanol–water partition coefficient (Wildman–Crippen LogP) is 2.30. The van der Waals surface area contributed by atoms with Crippen LogP contribution in [0.3, 0.4) is 0 Å².